The molecule has 3 heteroatoms. The predicted octanol–water partition coefficient (Wildman–Crippen LogP) is 3.60. The Morgan fingerprint density at radius 1 is 1.40 bits per heavy atom. The first kappa shape index (κ1) is 8.02. The molecule has 0 amide bonds. The van der Waals surface area contributed by atoms with Gasteiger partial charge in [-0.3, -0.25) is 0 Å². The SMILES string of the molecule is [C-]#[N+]c1cc(Br)cc(I)c1. The van der Waals surface area contributed by atoms with Gasteiger partial charge in [0.25, 0.3) is 0 Å². The van der Waals surface area contributed by atoms with Crippen LogP contribution in [0.4, 0.5) is 5.69 Å². The van der Waals surface area contributed by atoms with E-state index in [1.807, 2.05) is 12.1 Å². The summed E-state index contributed by atoms with van der Waals surface area (Å²) >= 11 is 5.49. The van der Waals surface area contributed by atoms with Crippen molar-refractivity contribution in [3.05, 3.63) is 37.7 Å². The second-order valence-corrected chi connectivity index (χ2v) is 3.90. The second kappa shape index (κ2) is 3.35. The second-order valence-electron chi connectivity index (χ2n) is 1.74. The topological polar surface area (TPSA) is 4.36 Å². The van der Waals surface area contributed by atoms with E-state index in [1.165, 1.54) is 0 Å². The van der Waals surface area contributed by atoms with Crippen molar-refractivity contribution >= 4 is 44.2 Å². The molecular formula is C7H3BrIN. The highest BCUT2D eigenvalue weighted by molar-refractivity contribution is 14.1. The maximum absolute atomic E-state index is 6.74. The Morgan fingerprint density at radius 2 is 2.10 bits per heavy atom. The van der Waals surface area contributed by atoms with Gasteiger partial charge in [0.05, 0.1) is 6.57 Å². The van der Waals surface area contributed by atoms with E-state index in [-0.39, 0.29) is 0 Å². The van der Waals surface area contributed by atoms with E-state index >= 15 is 0 Å². The van der Waals surface area contributed by atoms with Crippen molar-refractivity contribution < 1.29 is 0 Å². The Hall–Kier alpha value is -0.0800. The first-order valence-electron chi connectivity index (χ1n) is 2.56. The molecule has 0 aliphatic carbocycles. The third-order valence-corrected chi connectivity index (χ3v) is 2.06. The Labute approximate surface area is 81.5 Å². The van der Waals surface area contributed by atoms with E-state index in [1.54, 1.807) is 6.07 Å². The van der Waals surface area contributed by atoms with E-state index in [0.717, 1.165) is 8.04 Å². The molecule has 0 heterocycles. The molecule has 0 aromatic heterocycles. The molecule has 0 bridgehead atoms. The first-order chi connectivity index (χ1) is 4.72. The van der Waals surface area contributed by atoms with Crippen LogP contribution in [0.25, 0.3) is 4.85 Å². The molecule has 0 aliphatic rings. The molecule has 0 radical (unpaired) electrons. The Bertz CT molecular complexity index is 270. The zero-order valence-corrected chi connectivity index (χ0v) is 8.68. The van der Waals surface area contributed by atoms with Crippen LogP contribution >= 0.6 is 38.5 Å². The summed E-state index contributed by atoms with van der Waals surface area (Å²) in [4.78, 5) is 3.31. The minimum absolute atomic E-state index is 0.679. The van der Waals surface area contributed by atoms with Crippen LogP contribution in [0.1, 0.15) is 0 Å². The molecule has 1 aromatic rings. The van der Waals surface area contributed by atoms with Crippen molar-refractivity contribution in [2.45, 2.75) is 0 Å². The molecule has 0 fully saturated rings. The summed E-state index contributed by atoms with van der Waals surface area (Å²) in [5.41, 5.74) is 0.679. The lowest BCUT2D eigenvalue weighted by atomic mass is 10.3. The van der Waals surface area contributed by atoms with Gasteiger partial charge in [-0.25, -0.2) is 4.85 Å². The fourth-order valence-corrected chi connectivity index (χ4v) is 2.17. The third-order valence-electron chi connectivity index (χ3n) is 0.976. The highest BCUT2D eigenvalue weighted by Crippen LogP contribution is 2.22. The van der Waals surface area contributed by atoms with E-state index < -0.39 is 0 Å². The Kier molecular flexibility index (Phi) is 2.69. The first-order valence-corrected chi connectivity index (χ1v) is 4.43. The average molecular weight is 308 g/mol. The fourth-order valence-electron chi connectivity index (χ4n) is 0.604. The van der Waals surface area contributed by atoms with E-state index in [9.17, 15) is 0 Å². The molecule has 0 saturated heterocycles. The molecule has 0 aliphatic heterocycles. The maximum Gasteiger partial charge on any atom is 0.189 e. The van der Waals surface area contributed by atoms with Crippen molar-refractivity contribution in [3.63, 3.8) is 0 Å². The van der Waals surface area contributed by atoms with Crippen molar-refractivity contribution in [3.8, 4) is 0 Å². The molecule has 0 saturated carbocycles. The molecule has 1 aromatic carbocycles. The summed E-state index contributed by atoms with van der Waals surface area (Å²) in [6.45, 7) is 6.74. The number of halogens is 2. The summed E-state index contributed by atoms with van der Waals surface area (Å²) in [6, 6.07) is 5.61. The van der Waals surface area contributed by atoms with Gasteiger partial charge in [0.15, 0.2) is 5.69 Å². The van der Waals surface area contributed by atoms with Gasteiger partial charge in [-0.05, 0) is 40.8 Å². The van der Waals surface area contributed by atoms with Crippen LogP contribution in [0, 0.1) is 10.1 Å². The standard InChI is InChI=1S/C7H3BrIN/c1-10-7-3-5(8)2-6(9)4-7/h2-4H. The van der Waals surface area contributed by atoms with Crippen LogP contribution in [-0.4, -0.2) is 0 Å². The zero-order valence-electron chi connectivity index (χ0n) is 4.94. The van der Waals surface area contributed by atoms with Crippen molar-refractivity contribution in [2.24, 2.45) is 0 Å². The van der Waals surface area contributed by atoms with Gasteiger partial charge in [0.2, 0.25) is 0 Å². The van der Waals surface area contributed by atoms with Crippen LogP contribution < -0.4 is 0 Å². The quantitative estimate of drug-likeness (QED) is 0.509. The molecule has 0 N–H and O–H groups in total. The van der Waals surface area contributed by atoms with Gasteiger partial charge < -0.3 is 0 Å². The molecule has 50 valence electrons. The molecular weight excluding hydrogens is 305 g/mol. The minimum Gasteiger partial charge on any atom is -0.238 e. The van der Waals surface area contributed by atoms with Gasteiger partial charge in [-0.15, -0.1) is 0 Å². The van der Waals surface area contributed by atoms with Crippen molar-refractivity contribution in [1.82, 2.24) is 0 Å². The lowest BCUT2D eigenvalue weighted by Crippen LogP contribution is -1.69. The lowest BCUT2D eigenvalue weighted by molar-refractivity contribution is 1.61. The van der Waals surface area contributed by atoms with Gasteiger partial charge in [0, 0.05) is 8.04 Å². The van der Waals surface area contributed by atoms with Gasteiger partial charge in [-0.2, -0.15) is 0 Å². The van der Waals surface area contributed by atoms with Crippen LogP contribution in [0.2, 0.25) is 0 Å². The van der Waals surface area contributed by atoms with E-state index in [0.29, 0.717) is 5.69 Å². The summed E-state index contributed by atoms with van der Waals surface area (Å²) in [6.07, 6.45) is 0. The van der Waals surface area contributed by atoms with E-state index in [4.69, 9.17) is 6.57 Å². The van der Waals surface area contributed by atoms with Crippen LogP contribution in [-0.2, 0) is 0 Å². The lowest BCUT2D eigenvalue weighted by Gasteiger charge is -1.92. The maximum atomic E-state index is 6.74. The minimum atomic E-state index is 0.679. The summed E-state index contributed by atoms with van der Waals surface area (Å²) in [5.74, 6) is 0. The third kappa shape index (κ3) is 1.96. The predicted molar refractivity (Wildman–Crippen MR) is 53.1 cm³/mol. The average Bonchev–Trinajstić information content (AvgIpc) is 1.85. The molecule has 10 heavy (non-hydrogen) atoms. The highest BCUT2D eigenvalue weighted by Gasteiger charge is 1.94. The van der Waals surface area contributed by atoms with Crippen LogP contribution in [0.15, 0.2) is 22.7 Å². The highest BCUT2D eigenvalue weighted by atomic mass is 127. The van der Waals surface area contributed by atoms with Crippen molar-refractivity contribution in [1.29, 1.82) is 0 Å². The van der Waals surface area contributed by atoms with Crippen molar-refractivity contribution in [2.75, 3.05) is 0 Å². The summed E-state index contributed by atoms with van der Waals surface area (Å²) in [5, 5.41) is 0. The summed E-state index contributed by atoms with van der Waals surface area (Å²) < 4.78 is 2.04. The summed E-state index contributed by atoms with van der Waals surface area (Å²) in [7, 11) is 0. The zero-order chi connectivity index (χ0) is 7.56. The molecule has 1 nitrogen and oxygen atoms in total. The number of hydrogen-bond acceptors (Lipinski definition) is 0. The smallest absolute Gasteiger partial charge is 0.189 e. The number of rotatable bonds is 0. The molecule has 0 atom stereocenters. The van der Waals surface area contributed by atoms with Gasteiger partial charge in [0.1, 0.15) is 0 Å². The molecule has 0 spiro atoms. The van der Waals surface area contributed by atoms with Crippen LogP contribution in [0.3, 0.4) is 0 Å². The van der Waals surface area contributed by atoms with Gasteiger partial charge >= 0.3 is 0 Å². The number of hydrogen-bond donors (Lipinski definition) is 0. The molecule has 1 rings (SSSR count). The fraction of sp³-hybridized carbons (Fsp3) is 0. The van der Waals surface area contributed by atoms with E-state index in [2.05, 4.69) is 43.4 Å². The largest absolute Gasteiger partial charge is 0.238 e. The normalized spacial score (nSPS) is 8.90. The van der Waals surface area contributed by atoms with Gasteiger partial charge in [-0.1, -0.05) is 15.9 Å². The Morgan fingerprint density at radius 3 is 2.60 bits per heavy atom. The Balaban J connectivity index is 3.22. The van der Waals surface area contributed by atoms with Crippen LogP contribution in [0.5, 0.6) is 0 Å². The number of nitrogens with zero attached hydrogens (tertiary/aromatic N) is 1. The monoisotopic (exact) mass is 307 g/mol. The number of benzene rings is 1. The molecule has 0 unspecified atom stereocenters.